The second kappa shape index (κ2) is 7.07. The molecule has 0 saturated heterocycles. The first-order valence-electron chi connectivity index (χ1n) is 7.31. The van der Waals surface area contributed by atoms with Crippen LogP contribution in [0.15, 0.2) is 12.1 Å². The second-order valence-corrected chi connectivity index (χ2v) is 7.02. The molecule has 1 heterocycles. The van der Waals surface area contributed by atoms with E-state index >= 15 is 0 Å². The van der Waals surface area contributed by atoms with E-state index in [-0.39, 0.29) is 5.60 Å². The Hall–Kier alpha value is -0.0900. The Bertz CT molecular complexity index is 387. The number of halogens is 1. The minimum Gasteiger partial charge on any atom is -0.374 e. The van der Waals surface area contributed by atoms with Crippen LogP contribution in [0.2, 0.25) is 4.34 Å². The molecule has 1 saturated carbocycles. The third kappa shape index (κ3) is 3.72. The van der Waals surface area contributed by atoms with Gasteiger partial charge >= 0.3 is 0 Å². The molecule has 0 bridgehead atoms. The van der Waals surface area contributed by atoms with Crippen LogP contribution in [0, 0.1) is 0 Å². The summed E-state index contributed by atoms with van der Waals surface area (Å²) in [5.74, 6) is 0. The minimum atomic E-state index is 0.0290. The van der Waals surface area contributed by atoms with E-state index in [1.54, 1.807) is 11.3 Å². The van der Waals surface area contributed by atoms with Gasteiger partial charge in [-0.3, -0.25) is 0 Å². The van der Waals surface area contributed by atoms with Crippen LogP contribution in [0.1, 0.15) is 44.4 Å². The molecule has 1 aliphatic rings. The van der Waals surface area contributed by atoms with E-state index in [1.807, 2.05) is 6.07 Å². The molecule has 2 rings (SSSR count). The van der Waals surface area contributed by atoms with Crippen molar-refractivity contribution in [2.75, 3.05) is 13.2 Å². The Morgan fingerprint density at radius 2 is 2.11 bits per heavy atom. The zero-order chi connectivity index (χ0) is 13.7. The van der Waals surface area contributed by atoms with Gasteiger partial charge in [-0.15, -0.1) is 11.3 Å². The van der Waals surface area contributed by atoms with Crippen LogP contribution in [0.25, 0.3) is 0 Å². The molecule has 19 heavy (non-hydrogen) atoms. The monoisotopic (exact) mass is 301 g/mol. The summed E-state index contributed by atoms with van der Waals surface area (Å²) in [7, 11) is 0. The molecule has 1 aromatic rings. The summed E-state index contributed by atoms with van der Waals surface area (Å²) in [6.45, 7) is 6.06. The highest BCUT2D eigenvalue weighted by molar-refractivity contribution is 7.16. The van der Waals surface area contributed by atoms with E-state index < -0.39 is 0 Å². The molecule has 0 spiro atoms. The molecule has 1 aromatic heterocycles. The molecule has 0 amide bonds. The van der Waals surface area contributed by atoms with E-state index in [4.69, 9.17) is 16.3 Å². The standard InChI is InChI=1S/C15H24ClNOS/c1-3-17-13(11-12-7-8-14(16)19-12)15(18-4-2)9-5-6-10-15/h7-8,13,17H,3-6,9-11H2,1-2H3. The highest BCUT2D eigenvalue weighted by Crippen LogP contribution is 2.38. The Morgan fingerprint density at radius 3 is 2.63 bits per heavy atom. The predicted molar refractivity (Wildman–Crippen MR) is 83.3 cm³/mol. The van der Waals surface area contributed by atoms with Crippen molar-refractivity contribution in [1.29, 1.82) is 0 Å². The van der Waals surface area contributed by atoms with Crippen molar-refractivity contribution in [2.24, 2.45) is 0 Å². The van der Waals surface area contributed by atoms with Crippen molar-refractivity contribution < 1.29 is 4.74 Å². The van der Waals surface area contributed by atoms with Crippen molar-refractivity contribution in [3.63, 3.8) is 0 Å². The van der Waals surface area contributed by atoms with Gasteiger partial charge in [0.05, 0.1) is 9.94 Å². The van der Waals surface area contributed by atoms with Crippen LogP contribution in [-0.4, -0.2) is 24.8 Å². The fourth-order valence-electron chi connectivity index (χ4n) is 3.21. The average Bonchev–Trinajstić information content (AvgIpc) is 3.00. The van der Waals surface area contributed by atoms with Crippen molar-refractivity contribution >= 4 is 22.9 Å². The van der Waals surface area contributed by atoms with Gasteiger partial charge in [-0.2, -0.15) is 0 Å². The summed E-state index contributed by atoms with van der Waals surface area (Å²) in [5, 5.41) is 3.65. The predicted octanol–water partition coefficient (Wildman–Crippen LogP) is 4.27. The van der Waals surface area contributed by atoms with E-state index in [0.717, 1.165) is 23.9 Å². The summed E-state index contributed by atoms with van der Waals surface area (Å²) in [5.41, 5.74) is 0.0290. The number of likely N-dealkylation sites (N-methyl/N-ethyl adjacent to an activating group) is 1. The van der Waals surface area contributed by atoms with Crippen LogP contribution in [0.5, 0.6) is 0 Å². The van der Waals surface area contributed by atoms with Crippen LogP contribution >= 0.6 is 22.9 Å². The van der Waals surface area contributed by atoms with E-state index in [9.17, 15) is 0 Å². The molecule has 4 heteroatoms. The van der Waals surface area contributed by atoms with Crippen molar-refractivity contribution in [2.45, 2.75) is 57.6 Å². The number of hydrogen-bond acceptors (Lipinski definition) is 3. The summed E-state index contributed by atoms with van der Waals surface area (Å²) in [4.78, 5) is 1.35. The lowest BCUT2D eigenvalue weighted by Crippen LogP contribution is -2.52. The molecule has 0 aliphatic heterocycles. The minimum absolute atomic E-state index is 0.0290. The summed E-state index contributed by atoms with van der Waals surface area (Å²) >= 11 is 7.73. The summed E-state index contributed by atoms with van der Waals surface area (Å²) in [6, 6.07) is 4.54. The van der Waals surface area contributed by atoms with Gasteiger partial charge in [-0.25, -0.2) is 0 Å². The molecule has 0 aromatic carbocycles. The third-order valence-corrected chi connectivity index (χ3v) is 5.25. The van der Waals surface area contributed by atoms with Gasteiger partial charge in [0, 0.05) is 17.5 Å². The highest BCUT2D eigenvalue weighted by Gasteiger charge is 2.41. The first kappa shape index (κ1) is 15.3. The Kier molecular flexibility index (Phi) is 5.70. The van der Waals surface area contributed by atoms with Crippen molar-refractivity contribution in [3.05, 3.63) is 21.3 Å². The van der Waals surface area contributed by atoms with Crippen molar-refractivity contribution in [1.82, 2.24) is 5.32 Å². The van der Waals surface area contributed by atoms with Crippen LogP contribution < -0.4 is 5.32 Å². The Balaban J connectivity index is 2.12. The van der Waals surface area contributed by atoms with Crippen LogP contribution in [0.3, 0.4) is 0 Å². The average molecular weight is 302 g/mol. The number of rotatable bonds is 7. The lowest BCUT2D eigenvalue weighted by atomic mass is 9.89. The summed E-state index contributed by atoms with van der Waals surface area (Å²) < 4.78 is 7.07. The van der Waals surface area contributed by atoms with E-state index in [1.165, 1.54) is 30.6 Å². The molecule has 0 radical (unpaired) electrons. The maximum atomic E-state index is 6.19. The topological polar surface area (TPSA) is 21.3 Å². The van der Waals surface area contributed by atoms with Gasteiger partial charge in [0.2, 0.25) is 0 Å². The smallest absolute Gasteiger partial charge is 0.0931 e. The van der Waals surface area contributed by atoms with Crippen LogP contribution in [-0.2, 0) is 11.2 Å². The maximum absolute atomic E-state index is 6.19. The highest BCUT2D eigenvalue weighted by atomic mass is 35.5. The molecular weight excluding hydrogens is 278 g/mol. The number of hydrogen-bond donors (Lipinski definition) is 1. The van der Waals surface area contributed by atoms with E-state index in [2.05, 4.69) is 25.2 Å². The maximum Gasteiger partial charge on any atom is 0.0931 e. The van der Waals surface area contributed by atoms with Crippen molar-refractivity contribution in [3.8, 4) is 0 Å². The molecule has 1 fully saturated rings. The lowest BCUT2D eigenvalue weighted by Gasteiger charge is -2.38. The van der Waals surface area contributed by atoms with Crippen LogP contribution in [0.4, 0.5) is 0 Å². The molecule has 1 N–H and O–H groups in total. The number of nitrogens with one attached hydrogen (secondary N) is 1. The zero-order valence-corrected chi connectivity index (χ0v) is 13.4. The summed E-state index contributed by atoms with van der Waals surface area (Å²) in [6.07, 6.45) is 5.95. The van der Waals surface area contributed by atoms with E-state index in [0.29, 0.717) is 6.04 Å². The first-order valence-corrected chi connectivity index (χ1v) is 8.51. The fourth-order valence-corrected chi connectivity index (χ4v) is 4.34. The van der Waals surface area contributed by atoms with Gasteiger partial charge in [-0.1, -0.05) is 31.4 Å². The molecule has 1 unspecified atom stereocenters. The van der Waals surface area contributed by atoms with Gasteiger partial charge in [0.15, 0.2) is 0 Å². The third-order valence-electron chi connectivity index (χ3n) is 4.00. The molecule has 108 valence electrons. The molecule has 2 nitrogen and oxygen atoms in total. The number of thiophene rings is 1. The largest absolute Gasteiger partial charge is 0.374 e. The molecular formula is C15H24ClNOS. The lowest BCUT2D eigenvalue weighted by molar-refractivity contribution is -0.0607. The normalized spacial score (nSPS) is 19.7. The molecule has 1 aliphatic carbocycles. The second-order valence-electron chi connectivity index (χ2n) is 5.23. The molecule has 1 atom stereocenters. The van der Waals surface area contributed by atoms with Gasteiger partial charge in [0.25, 0.3) is 0 Å². The Labute approximate surface area is 125 Å². The fraction of sp³-hybridized carbons (Fsp3) is 0.733. The van der Waals surface area contributed by atoms with Gasteiger partial charge < -0.3 is 10.1 Å². The first-order chi connectivity index (χ1) is 9.20. The quantitative estimate of drug-likeness (QED) is 0.812. The zero-order valence-electron chi connectivity index (χ0n) is 11.9. The number of ether oxygens (including phenoxy) is 1. The SMILES string of the molecule is CCNC(Cc1ccc(Cl)s1)C1(OCC)CCCC1. The van der Waals surface area contributed by atoms with Gasteiger partial charge in [0.1, 0.15) is 0 Å². The Morgan fingerprint density at radius 1 is 1.37 bits per heavy atom. The van der Waals surface area contributed by atoms with Gasteiger partial charge in [-0.05, 0) is 44.9 Å².